The van der Waals surface area contributed by atoms with E-state index in [9.17, 15) is 0 Å². The predicted octanol–water partition coefficient (Wildman–Crippen LogP) is 18.1. The number of nitrogens with zero attached hydrogens (tertiary/aromatic N) is 2. The van der Waals surface area contributed by atoms with E-state index in [0.717, 1.165) is 61.0 Å². The van der Waals surface area contributed by atoms with Gasteiger partial charge in [0.2, 0.25) is 0 Å². The molecule has 0 aliphatic carbocycles. The van der Waals surface area contributed by atoms with Gasteiger partial charge in [0.15, 0.2) is 0 Å². The first-order valence-electron chi connectivity index (χ1n) is 23.7. The Balaban J connectivity index is 1.00. The molecule has 3 heteroatoms. The normalized spacial score (nSPS) is 11.8. The monoisotopic (exact) mass is 878 g/mol. The third-order valence-corrected chi connectivity index (χ3v) is 14.1. The zero-order valence-corrected chi connectivity index (χ0v) is 37.6. The number of hydrogen-bond donors (Lipinski definition) is 0. The Morgan fingerprint density at radius 1 is 0.232 bits per heavy atom. The SMILES string of the molecule is c1ccc(-c2cccc(-c3ccccc3-c3cccc(-c4cc(-n5c6ccccc6c6cc(-c7ccccc7)ccc65)cc5c4oc4ccc(-n6c7ccccc7c7ccccc76)cc45)c3)c2)cc1. The molecule has 11 aromatic carbocycles. The fourth-order valence-corrected chi connectivity index (χ4v) is 10.9. The van der Waals surface area contributed by atoms with Crippen LogP contribution in [0.15, 0.2) is 259 Å². The Hall–Kier alpha value is -9.18. The molecule has 3 nitrogen and oxygen atoms in total. The lowest BCUT2D eigenvalue weighted by Gasteiger charge is -2.14. The number of rotatable bonds is 7. The van der Waals surface area contributed by atoms with Crippen LogP contribution in [0.5, 0.6) is 0 Å². The van der Waals surface area contributed by atoms with Gasteiger partial charge in [-0.15, -0.1) is 0 Å². The first-order valence-corrected chi connectivity index (χ1v) is 23.7. The summed E-state index contributed by atoms with van der Waals surface area (Å²) in [5.74, 6) is 0. The first kappa shape index (κ1) is 39.0. The molecule has 0 atom stereocenters. The van der Waals surface area contributed by atoms with Crippen LogP contribution < -0.4 is 0 Å². The fraction of sp³-hybridized carbons (Fsp3) is 0. The van der Waals surface area contributed by atoms with Gasteiger partial charge in [0.05, 0.1) is 22.1 Å². The Morgan fingerprint density at radius 3 is 1.30 bits per heavy atom. The minimum atomic E-state index is 0.849. The number of para-hydroxylation sites is 3. The summed E-state index contributed by atoms with van der Waals surface area (Å²) in [7, 11) is 0. The van der Waals surface area contributed by atoms with Gasteiger partial charge in [-0.25, -0.2) is 0 Å². The average Bonchev–Trinajstić information content (AvgIpc) is 4.08. The van der Waals surface area contributed by atoms with Gasteiger partial charge in [-0.1, -0.05) is 182 Å². The van der Waals surface area contributed by atoms with Gasteiger partial charge in [-0.05, 0) is 123 Å². The van der Waals surface area contributed by atoms with E-state index >= 15 is 0 Å². The molecule has 0 N–H and O–H groups in total. The largest absolute Gasteiger partial charge is 0.455 e. The van der Waals surface area contributed by atoms with Gasteiger partial charge in [0, 0.05) is 49.3 Å². The molecule has 0 amide bonds. The van der Waals surface area contributed by atoms with Crippen molar-refractivity contribution in [1.82, 2.24) is 9.13 Å². The van der Waals surface area contributed by atoms with Crippen LogP contribution in [-0.4, -0.2) is 9.13 Å². The van der Waals surface area contributed by atoms with Crippen molar-refractivity contribution in [2.75, 3.05) is 0 Å². The van der Waals surface area contributed by atoms with Gasteiger partial charge in [-0.3, -0.25) is 0 Å². The van der Waals surface area contributed by atoms with Crippen molar-refractivity contribution >= 4 is 65.6 Å². The van der Waals surface area contributed by atoms with E-state index in [4.69, 9.17) is 4.42 Å². The maximum atomic E-state index is 7.07. The Kier molecular flexibility index (Phi) is 8.90. The number of fused-ring (bicyclic) bond motifs is 9. The van der Waals surface area contributed by atoms with Crippen LogP contribution in [0.1, 0.15) is 0 Å². The van der Waals surface area contributed by atoms with Gasteiger partial charge in [0.25, 0.3) is 0 Å². The second-order valence-corrected chi connectivity index (χ2v) is 18.0. The lowest BCUT2D eigenvalue weighted by atomic mass is 9.91. The van der Waals surface area contributed by atoms with E-state index in [-0.39, 0.29) is 0 Å². The zero-order chi connectivity index (χ0) is 45.4. The van der Waals surface area contributed by atoms with E-state index in [1.165, 1.54) is 71.5 Å². The van der Waals surface area contributed by atoms with Gasteiger partial charge < -0.3 is 13.6 Å². The molecule has 0 unspecified atom stereocenters. The molecule has 0 bridgehead atoms. The van der Waals surface area contributed by atoms with E-state index in [2.05, 4.69) is 264 Å². The smallest absolute Gasteiger partial charge is 0.143 e. The van der Waals surface area contributed by atoms with Crippen molar-refractivity contribution in [3.8, 4) is 67.0 Å². The number of aromatic nitrogens is 2. The molecule has 322 valence electrons. The minimum absolute atomic E-state index is 0.849. The maximum Gasteiger partial charge on any atom is 0.143 e. The van der Waals surface area contributed by atoms with E-state index in [0.29, 0.717) is 0 Å². The van der Waals surface area contributed by atoms with E-state index < -0.39 is 0 Å². The number of furan rings is 1. The van der Waals surface area contributed by atoms with Crippen molar-refractivity contribution in [2.45, 2.75) is 0 Å². The molecule has 14 rings (SSSR count). The maximum absolute atomic E-state index is 7.07. The second kappa shape index (κ2) is 15.7. The number of benzene rings is 11. The summed E-state index contributed by atoms with van der Waals surface area (Å²) in [4.78, 5) is 0. The second-order valence-electron chi connectivity index (χ2n) is 18.0. The quantitative estimate of drug-likeness (QED) is 0.156. The topological polar surface area (TPSA) is 23.0 Å². The van der Waals surface area contributed by atoms with Gasteiger partial charge in [-0.2, -0.15) is 0 Å². The summed E-state index contributed by atoms with van der Waals surface area (Å²) in [6, 6.07) is 92.4. The molecule has 0 saturated heterocycles. The summed E-state index contributed by atoms with van der Waals surface area (Å²) < 4.78 is 11.9. The molecule has 0 spiro atoms. The predicted molar refractivity (Wildman–Crippen MR) is 290 cm³/mol. The fourth-order valence-electron chi connectivity index (χ4n) is 10.9. The standard InChI is InChI=1S/C66H42N2O/c1-3-17-43(18-4-1)45-21-15-22-47(37-45)52-25-7-8-26-53(52)48-23-16-24-49(38-48)57-41-51(68-63-32-14-11-29-56(63)58-39-46(33-35-64(58)68)44-19-5-2-6-20-44)42-60-59-40-50(34-36-65(59)69-66(57)60)67-61-30-12-9-27-54(61)55-28-10-13-31-62(55)67/h1-42H. The Labute approximate surface area is 399 Å². The molecule has 0 saturated carbocycles. The van der Waals surface area contributed by atoms with E-state index in [1.807, 2.05) is 0 Å². The summed E-state index contributed by atoms with van der Waals surface area (Å²) in [6.07, 6.45) is 0. The van der Waals surface area contributed by atoms with Crippen LogP contribution in [0.4, 0.5) is 0 Å². The summed E-state index contributed by atoms with van der Waals surface area (Å²) >= 11 is 0. The molecule has 0 aliphatic rings. The molecule has 3 aromatic heterocycles. The zero-order valence-electron chi connectivity index (χ0n) is 37.6. The van der Waals surface area contributed by atoms with Crippen LogP contribution in [-0.2, 0) is 0 Å². The Morgan fingerprint density at radius 2 is 0.681 bits per heavy atom. The Bertz CT molecular complexity index is 4250. The van der Waals surface area contributed by atoms with Crippen molar-refractivity contribution < 1.29 is 4.42 Å². The molecular formula is C66H42N2O. The minimum Gasteiger partial charge on any atom is -0.455 e. The molecule has 0 aliphatic heterocycles. The molecule has 69 heavy (non-hydrogen) atoms. The third-order valence-electron chi connectivity index (χ3n) is 14.1. The molecule has 14 aromatic rings. The summed E-state index contributed by atoms with van der Waals surface area (Å²) in [5, 5.41) is 7.04. The first-order chi connectivity index (χ1) is 34.2. The average molecular weight is 879 g/mol. The molecule has 0 radical (unpaired) electrons. The van der Waals surface area contributed by atoms with E-state index in [1.54, 1.807) is 0 Å². The van der Waals surface area contributed by atoms with Gasteiger partial charge >= 0.3 is 0 Å². The molecule has 0 fully saturated rings. The van der Waals surface area contributed by atoms with Crippen LogP contribution in [0.25, 0.3) is 133 Å². The highest BCUT2D eigenvalue weighted by atomic mass is 16.3. The van der Waals surface area contributed by atoms with Crippen molar-refractivity contribution in [3.63, 3.8) is 0 Å². The molecular weight excluding hydrogens is 837 g/mol. The summed E-state index contributed by atoms with van der Waals surface area (Å²) in [6.45, 7) is 0. The van der Waals surface area contributed by atoms with Crippen LogP contribution in [0.3, 0.4) is 0 Å². The highest BCUT2D eigenvalue weighted by molar-refractivity contribution is 6.15. The van der Waals surface area contributed by atoms with Crippen molar-refractivity contribution in [1.29, 1.82) is 0 Å². The lowest BCUT2D eigenvalue weighted by Crippen LogP contribution is -1.95. The lowest BCUT2D eigenvalue weighted by molar-refractivity contribution is 0.670. The van der Waals surface area contributed by atoms with Crippen LogP contribution in [0, 0.1) is 0 Å². The highest BCUT2D eigenvalue weighted by Gasteiger charge is 2.21. The number of hydrogen-bond acceptors (Lipinski definition) is 1. The van der Waals surface area contributed by atoms with Crippen LogP contribution >= 0.6 is 0 Å². The van der Waals surface area contributed by atoms with Crippen molar-refractivity contribution in [2.24, 2.45) is 0 Å². The van der Waals surface area contributed by atoms with Crippen LogP contribution in [0.2, 0.25) is 0 Å². The van der Waals surface area contributed by atoms with Gasteiger partial charge in [0.1, 0.15) is 11.2 Å². The van der Waals surface area contributed by atoms with Crippen molar-refractivity contribution in [3.05, 3.63) is 255 Å². The highest BCUT2D eigenvalue weighted by Crippen LogP contribution is 2.44. The summed E-state index contributed by atoms with van der Waals surface area (Å²) in [5.41, 5.74) is 20.1. The third kappa shape index (κ3) is 6.36. The molecule has 3 heterocycles.